The van der Waals surface area contributed by atoms with Gasteiger partial charge in [-0.2, -0.15) is 0 Å². The van der Waals surface area contributed by atoms with E-state index in [0.717, 1.165) is 25.5 Å². The summed E-state index contributed by atoms with van der Waals surface area (Å²) in [4.78, 5) is 0. The molecule has 0 saturated heterocycles. The number of rotatable bonds is 6. The number of nitrogens with one attached hydrogen (secondary N) is 1. The van der Waals surface area contributed by atoms with E-state index in [-0.39, 0.29) is 0 Å². The van der Waals surface area contributed by atoms with E-state index in [9.17, 15) is 8.78 Å². The number of hydrogen-bond donors (Lipinski definition) is 1. The van der Waals surface area contributed by atoms with Crippen LogP contribution < -0.4 is 5.32 Å². The Hall–Kier alpha value is -0.960. The van der Waals surface area contributed by atoms with Crippen LogP contribution in [0.3, 0.4) is 0 Å². The summed E-state index contributed by atoms with van der Waals surface area (Å²) in [5.74, 6) is -0.957. The van der Waals surface area contributed by atoms with Gasteiger partial charge in [-0.25, -0.2) is 8.78 Å². The van der Waals surface area contributed by atoms with Gasteiger partial charge in [0, 0.05) is 12.1 Å². The Bertz CT molecular complexity index is 326. The molecule has 16 heavy (non-hydrogen) atoms. The molecule has 0 amide bonds. The van der Waals surface area contributed by atoms with Crippen molar-refractivity contribution in [3.63, 3.8) is 0 Å². The van der Waals surface area contributed by atoms with Gasteiger partial charge in [0.25, 0.3) is 0 Å². The van der Waals surface area contributed by atoms with Gasteiger partial charge in [0.05, 0.1) is 0 Å². The standard InChI is InChI=1S/C13H19F2N/c1-3-8-16-10(2)4-5-11-6-7-12(14)9-13(11)15/h6-7,9-10,16H,3-5,8H2,1-2H3. The van der Waals surface area contributed by atoms with Gasteiger partial charge in [0.1, 0.15) is 11.6 Å². The normalized spacial score (nSPS) is 12.8. The van der Waals surface area contributed by atoms with Crippen LogP contribution in [0.2, 0.25) is 0 Å². The summed E-state index contributed by atoms with van der Waals surface area (Å²) < 4.78 is 26.0. The molecule has 0 bridgehead atoms. The topological polar surface area (TPSA) is 12.0 Å². The summed E-state index contributed by atoms with van der Waals surface area (Å²) in [5.41, 5.74) is 0.589. The van der Waals surface area contributed by atoms with E-state index in [1.54, 1.807) is 0 Å². The molecule has 0 heterocycles. The van der Waals surface area contributed by atoms with Crippen LogP contribution >= 0.6 is 0 Å². The SMILES string of the molecule is CCCNC(C)CCc1ccc(F)cc1F. The highest BCUT2D eigenvalue weighted by Gasteiger charge is 2.06. The Morgan fingerprint density at radius 3 is 2.69 bits per heavy atom. The van der Waals surface area contributed by atoms with Gasteiger partial charge in [-0.05, 0) is 44.4 Å². The fourth-order valence-electron chi connectivity index (χ4n) is 1.59. The molecule has 90 valence electrons. The molecular weight excluding hydrogens is 208 g/mol. The second-order valence-electron chi connectivity index (χ2n) is 4.13. The van der Waals surface area contributed by atoms with Gasteiger partial charge in [-0.15, -0.1) is 0 Å². The zero-order chi connectivity index (χ0) is 12.0. The Morgan fingerprint density at radius 2 is 2.06 bits per heavy atom. The predicted molar refractivity (Wildman–Crippen MR) is 62.4 cm³/mol. The molecule has 1 aromatic rings. The molecule has 0 aromatic heterocycles. The minimum atomic E-state index is -0.515. The molecule has 1 rings (SSSR count). The van der Waals surface area contributed by atoms with E-state index in [0.29, 0.717) is 18.0 Å². The highest BCUT2D eigenvalue weighted by molar-refractivity contribution is 5.18. The molecule has 0 aliphatic carbocycles. The maximum absolute atomic E-state index is 13.3. The summed E-state index contributed by atoms with van der Waals surface area (Å²) in [6.07, 6.45) is 2.60. The van der Waals surface area contributed by atoms with Gasteiger partial charge < -0.3 is 5.32 Å². The van der Waals surface area contributed by atoms with Gasteiger partial charge in [-0.1, -0.05) is 13.0 Å². The first-order valence-corrected chi connectivity index (χ1v) is 5.80. The van der Waals surface area contributed by atoms with Crippen LogP contribution in [-0.2, 0) is 6.42 Å². The summed E-state index contributed by atoms with van der Waals surface area (Å²) in [6.45, 7) is 5.17. The van der Waals surface area contributed by atoms with E-state index in [1.807, 2.05) is 0 Å². The molecule has 1 nitrogen and oxygen atoms in total. The lowest BCUT2D eigenvalue weighted by atomic mass is 10.1. The first-order valence-electron chi connectivity index (χ1n) is 5.80. The van der Waals surface area contributed by atoms with Crippen LogP contribution in [0.4, 0.5) is 8.78 Å². The third-order valence-electron chi connectivity index (χ3n) is 2.60. The fourth-order valence-corrected chi connectivity index (χ4v) is 1.59. The van der Waals surface area contributed by atoms with Crippen LogP contribution in [-0.4, -0.2) is 12.6 Å². The van der Waals surface area contributed by atoms with E-state index in [2.05, 4.69) is 19.2 Å². The van der Waals surface area contributed by atoms with E-state index in [1.165, 1.54) is 12.1 Å². The van der Waals surface area contributed by atoms with Gasteiger partial charge >= 0.3 is 0 Å². The van der Waals surface area contributed by atoms with Gasteiger partial charge in [0.2, 0.25) is 0 Å². The molecule has 0 aliphatic heterocycles. The zero-order valence-corrected chi connectivity index (χ0v) is 9.89. The van der Waals surface area contributed by atoms with Crippen LogP contribution in [0.1, 0.15) is 32.3 Å². The highest BCUT2D eigenvalue weighted by Crippen LogP contribution is 2.12. The molecule has 1 N–H and O–H groups in total. The summed E-state index contributed by atoms with van der Waals surface area (Å²) >= 11 is 0. The molecule has 3 heteroatoms. The minimum Gasteiger partial charge on any atom is -0.314 e. The zero-order valence-electron chi connectivity index (χ0n) is 9.89. The second kappa shape index (κ2) is 6.59. The lowest BCUT2D eigenvalue weighted by Crippen LogP contribution is -2.27. The number of aryl methyl sites for hydroxylation is 1. The molecule has 0 aliphatic rings. The molecule has 1 atom stereocenters. The fraction of sp³-hybridized carbons (Fsp3) is 0.538. The van der Waals surface area contributed by atoms with Crippen molar-refractivity contribution in [3.8, 4) is 0 Å². The average Bonchev–Trinajstić information content (AvgIpc) is 2.25. The molecule has 1 aromatic carbocycles. The van der Waals surface area contributed by atoms with Crippen LogP contribution in [0, 0.1) is 11.6 Å². The first kappa shape index (κ1) is 13.1. The summed E-state index contributed by atoms with van der Waals surface area (Å²) in [6, 6.07) is 4.14. The maximum Gasteiger partial charge on any atom is 0.129 e. The highest BCUT2D eigenvalue weighted by atomic mass is 19.1. The van der Waals surface area contributed by atoms with Crippen molar-refractivity contribution in [3.05, 3.63) is 35.4 Å². The smallest absolute Gasteiger partial charge is 0.129 e. The monoisotopic (exact) mass is 227 g/mol. The van der Waals surface area contributed by atoms with Crippen molar-refractivity contribution in [2.45, 2.75) is 39.2 Å². The van der Waals surface area contributed by atoms with Crippen LogP contribution in [0.5, 0.6) is 0 Å². The van der Waals surface area contributed by atoms with Crippen molar-refractivity contribution in [1.29, 1.82) is 0 Å². The Kier molecular flexibility index (Phi) is 5.39. The molecule has 0 saturated carbocycles. The van der Waals surface area contributed by atoms with Crippen molar-refractivity contribution in [1.82, 2.24) is 5.32 Å². The molecular formula is C13H19F2N. The number of hydrogen-bond acceptors (Lipinski definition) is 1. The van der Waals surface area contributed by atoms with Gasteiger partial charge in [-0.3, -0.25) is 0 Å². The third-order valence-corrected chi connectivity index (χ3v) is 2.60. The van der Waals surface area contributed by atoms with Crippen LogP contribution in [0.15, 0.2) is 18.2 Å². The molecule has 0 fully saturated rings. The summed E-state index contributed by atoms with van der Waals surface area (Å²) in [5, 5.41) is 3.34. The van der Waals surface area contributed by atoms with Crippen molar-refractivity contribution < 1.29 is 8.78 Å². The summed E-state index contributed by atoms with van der Waals surface area (Å²) in [7, 11) is 0. The quantitative estimate of drug-likeness (QED) is 0.786. The minimum absolute atomic E-state index is 0.365. The predicted octanol–water partition coefficient (Wildman–Crippen LogP) is 3.29. The first-order chi connectivity index (χ1) is 7.63. The Labute approximate surface area is 95.9 Å². The third kappa shape index (κ3) is 4.27. The van der Waals surface area contributed by atoms with Crippen molar-refractivity contribution >= 4 is 0 Å². The van der Waals surface area contributed by atoms with E-state index >= 15 is 0 Å². The Morgan fingerprint density at radius 1 is 1.31 bits per heavy atom. The van der Waals surface area contributed by atoms with Crippen LogP contribution in [0.25, 0.3) is 0 Å². The largest absolute Gasteiger partial charge is 0.314 e. The average molecular weight is 227 g/mol. The second-order valence-corrected chi connectivity index (χ2v) is 4.13. The molecule has 0 radical (unpaired) electrons. The van der Waals surface area contributed by atoms with E-state index in [4.69, 9.17) is 0 Å². The molecule has 0 spiro atoms. The van der Waals surface area contributed by atoms with Gasteiger partial charge in [0.15, 0.2) is 0 Å². The molecule has 1 unspecified atom stereocenters. The van der Waals surface area contributed by atoms with Crippen molar-refractivity contribution in [2.24, 2.45) is 0 Å². The van der Waals surface area contributed by atoms with Crippen molar-refractivity contribution in [2.75, 3.05) is 6.54 Å². The lowest BCUT2D eigenvalue weighted by molar-refractivity contribution is 0.504. The lowest BCUT2D eigenvalue weighted by Gasteiger charge is -2.13. The number of benzene rings is 1. The van der Waals surface area contributed by atoms with E-state index < -0.39 is 11.6 Å². The maximum atomic E-state index is 13.3. The number of halogens is 2. The Balaban J connectivity index is 2.42.